The first-order valence-corrected chi connectivity index (χ1v) is 6.43. The van der Waals surface area contributed by atoms with Crippen LogP contribution in [0.4, 0.5) is 24.5 Å². The van der Waals surface area contributed by atoms with Gasteiger partial charge in [0.1, 0.15) is 12.7 Å². The Morgan fingerprint density at radius 3 is 2.27 bits per heavy atom. The molecule has 0 aliphatic carbocycles. The number of carbonyl (C=O) groups excluding carboxylic acids is 2. The first-order chi connectivity index (χ1) is 10.1. The van der Waals surface area contributed by atoms with Crippen molar-refractivity contribution in [2.24, 2.45) is 0 Å². The molecule has 0 saturated carbocycles. The fourth-order valence-electron chi connectivity index (χ4n) is 1.49. The second-order valence-corrected chi connectivity index (χ2v) is 4.68. The zero-order chi connectivity index (χ0) is 16.9. The Bertz CT molecular complexity index is 529. The molecule has 0 aliphatic rings. The molecule has 122 valence electrons. The average Bonchev–Trinajstić information content (AvgIpc) is 2.43. The maximum absolute atomic E-state index is 12.0. The molecule has 0 heterocycles. The number of ether oxygens (including phenoxy) is 1. The highest BCUT2D eigenvalue weighted by Crippen LogP contribution is 2.18. The van der Waals surface area contributed by atoms with E-state index in [1.54, 1.807) is 31.3 Å². The smallest absolute Gasteiger partial charge is 0.359 e. The molecule has 0 fully saturated rings. The fraction of sp³-hybridized carbons (Fsp3) is 0.429. The molecule has 8 heteroatoms. The van der Waals surface area contributed by atoms with Gasteiger partial charge in [0.25, 0.3) is 5.91 Å². The Morgan fingerprint density at radius 1 is 1.27 bits per heavy atom. The van der Waals surface area contributed by atoms with E-state index in [1.807, 2.05) is 0 Å². The van der Waals surface area contributed by atoms with Gasteiger partial charge in [-0.25, -0.2) is 0 Å². The summed E-state index contributed by atoms with van der Waals surface area (Å²) in [4.78, 5) is 24.3. The van der Waals surface area contributed by atoms with Crippen LogP contribution in [-0.2, 0) is 14.3 Å². The number of benzene rings is 1. The predicted molar refractivity (Wildman–Crippen MR) is 75.6 cm³/mol. The van der Waals surface area contributed by atoms with Crippen molar-refractivity contribution in [1.29, 1.82) is 0 Å². The van der Waals surface area contributed by atoms with Gasteiger partial charge in [-0.05, 0) is 31.2 Å². The Morgan fingerprint density at radius 2 is 1.82 bits per heavy atom. The highest BCUT2D eigenvalue weighted by Gasteiger charge is 2.29. The minimum atomic E-state index is -4.48. The van der Waals surface area contributed by atoms with E-state index in [1.165, 1.54) is 18.7 Å². The van der Waals surface area contributed by atoms with Gasteiger partial charge in [0.2, 0.25) is 5.91 Å². The number of carbonyl (C=O) groups is 2. The maximum Gasteiger partial charge on any atom is 0.411 e. The fourth-order valence-corrected chi connectivity index (χ4v) is 1.49. The van der Waals surface area contributed by atoms with E-state index in [2.05, 4.69) is 10.1 Å². The van der Waals surface area contributed by atoms with Crippen LogP contribution in [0.25, 0.3) is 0 Å². The van der Waals surface area contributed by atoms with Crippen molar-refractivity contribution in [3.05, 3.63) is 24.3 Å². The summed E-state index contributed by atoms with van der Waals surface area (Å²) in [6.07, 6.45) is -5.71. The van der Waals surface area contributed by atoms with Gasteiger partial charge in [-0.3, -0.25) is 9.59 Å². The number of halogens is 3. The maximum atomic E-state index is 12.0. The van der Waals surface area contributed by atoms with Crippen LogP contribution in [0, 0.1) is 0 Å². The molecular formula is C14H17F3N2O3. The average molecular weight is 318 g/mol. The number of amides is 2. The summed E-state index contributed by atoms with van der Waals surface area (Å²) >= 11 is 0. The molecule has 5 nitrogen and oxygen atoms in total. The van der Waals surface area contributed by atoms with Gasteiger partial charge < -0.3 is 15.0 Å². The summed E-state index contributed by atoms with van der Waals surface area (Å²) in [5, 5.41) is 2.44. The van der Waals surface area contributed by atoms with Gasteiger partial charge in [0.05, 0.1) is 0 Å². The van der Waals surface area contributed by atoms with Crippen LogP contribution in [-0.4, -0.2) is 37.7 Å². The highest BCUT2D eigenvalue weighted by molar-refractivity contribution is 5.95. The van der Waals surface area contributed by atoms with Crippen molar-refractivity contribution in [3.63, 3.8) is 0 Å². The van der Waals surface area contributed by atoms with Crippen LogP contribution in [0.2, 0.25) is 0 Å². The standard InChI is InChI=1S/C14H17F3N2O3/c1-9(22-8-14(15,16)17)13(21)18-11-4-6-12(7-5-11)19(3)10(2)20/h4-7,9H,8H2,1-3H3,(H,18,21). The largest absolute Gasteiger partial charge is 0.411 e. The summed E-state index contributed by atoms with van der Waals surface area (Å²) in [6.45, 7) is 1.16. The van der Waals surface area contributed by atoms with Crippen molar-refractivity contribution < 1.29 is 27.5 Å². The molecule has 2 amide bonds. The SMILES string of the molecule is CC(=O)N(C)c1ccc(NC(=O)C(C)OCC(F)(F)F)cc1. The van der Waals surface area contributed by atoms with Gasteiger partial charge in [-0.2, -0.15) is 13.2 Å². The van der Waals surface area contributed by atoms with Gasteiger partial charge in [0, 0.05) is 25.3 Å². The minimum absolute atomic E-state index is 0.147. The van der Waals surface area contributed by atoms with E-state index in [0.29, 0.717) is 11.4 Å². The first kappa shape index (κ1) is 18.0. The zero-order valence-electron chi connectivity index (χ0n) is 12.4. The van der Waals surface area contributed by atoms with E-state index in [-0.39, 0.29) is 5.91 Å². The highest BCUT2D eigenvalue weighted by atomic mass is 19.4. The third-order valence-electron chi connectivity index (χ3n) is 2.86. The van der Waals surface area contributed by atoms with Crippen molar-refractivity contribution in [2.45, 2.75) is 26.1 Å². The van der Waals surface area contributed by atoms with Crippen molar-refractivity contribution >= 4 is 23.2 Å². The van der Waals surface area contributed by atoms with Crippen LogP contribution >= 0.6 is 0 Å². The number of hydrogen-bond acceptors (Lipinski definition) is 3. The number of nitrogens with one attached hydrogen (secondary N) is 1. The van der Waals surface area contributed by atoms with Gasteiger partial charge in [-0.1, -0.05) is 0 Å². The zero-order valence-corrected chi connectivity index (χ0v) is 12.4. The van der Waals surface area contributed by atoms with Crippen molar-refractivity contribution in [1.82, 2.24) is 0 Å². The molecule has 1 rings (SSSR count). The first-order valence-electron chi connectivity index (χ1n) is 6.43. The third-order valence-corrected chi connectivity index (χ3v) is 2.86. The molecule has 1 unspecified atom stereocenters. The molecule has 0 aromatic heterocycles. The molecule has 22 heavy (non-hydrogen) atoms. The van der Waals surface area contributed by atoms with E-state index in [4.69, 9.17) is 0 Å². The van der Waals surface area contributed by atoms with Gasteiger partial charge >= 0.3 is 6.18 Å². The minimum Gasteiger partial charge on any atom is -0.359 e. The second-order valence-electron chi connectivity index (χ2n) is 4.68. The Hall–Kier alpha value is -2.09. The van der Waals surface area contributed by atoms with E-state index < -0.39 is 24.8 Å². The molecule has 1 aromatic rings. The van der Waals surface area contributed by atoms with Crippen molar-refractivity contribution in [3.8, 4) is 0 Å². The van der Waals surface area contributed by atoms with Crippen LogP contribution in [0.5, 0.6) is 0 Å². The Kier molecular flexibility index (Phi) is 5.92. The number of nitrogens with zero attached hydrogens (tertiary/aromatic N) is 1. The lowest BCUT2D eigenvalue weighted by Gasteiger charge is -2.17. The monoisotopic (exact) mass is 318 g/mol. The molecule has 0 bridgehead atoms. The number of anilines is 2. The van der Waals surface area contributed by atoms with Crippen molar-refractivity contribution in [2.75, 3.05) is 23.9 Å². The topological polar surface area (TPSA) is 58.6 Å². The molecule has 0 aliphatic heterocycles. The van der Waals surface area contributed by atoms with Crippen LogP contribution in [0.3, 0.4) is 0 Å². The lowest BCUT2D eigenvalue weighted by Crippen LogP contribution is -2.31. The number of hydrogen-bond donors (Lipinski definition) is 1. The second kappa shape index (κ2) is 7.26. The normalized spacial score (nSPS) is 12.6. The van der Waals surface area contributed by atoms with Crippen LogP contribution in [0.1, 0.15) is 13.8 Å². The Balaban J connectivity index is 2.59. The number of rotatable bonds is 5. The van der Waals surface area contributed by atoms with E-state index >= 15 is 0 Å². The molecule has 0 spiro atoms. The summed E-state index contributed by atoms with van der Waals surface area (Å²) in [7, 11) is 1.60. The summed E-state index contributed by atoms with van der Waals surface area (Å²) < 4.78 is 40.5. The third kappa shape index (κ3) is 5.72. The summed E-state index contributed by atoms with van der Waals surface area (Å²) in [5.41, 5.74) is 1.03. The van der Waals surface area contributed by atoms with Gasteiger partial charge in [-0.15, -0.1) is 0 Å². The van der Waals surface area contributed by atoms with Crippen LogP contribution < -0.4 is 10.2 Å². The molecule has 1 aromatic carbocycles. The molecule has 1 atom stereocenters. The lowest BCUT2D eigenvalue weighted by molar-refractivity contribution is -0.184. The predicted octanol–water partition coefficient (Wildman–Crippen LogP) is 2.58. The molecule has 1 N–H and O–H groups in total. The summed E-state index contributed by atoms with van der Waals surface area (Å²) in [6, 6.07) is 6.31. The van der Waals surface area contributed by atoms with Crippen LogP contribution in [0.15, 0.2) is 24.3 Å². The summed E-state index contributed by atoms with van der Waals surface area (Å²) in [5.74, 6) is -0.831. The van der Waals surface area contributed by atoms with E-state index in [0.717, 1.165) is 0 Å². The Labute approximate surface area is 126 Å². The molecule has 0 radical (unpaired) electrons. The van der Waals surface area contributed by atoms with Gasteiger partial charge in [0.15, 0.2) is 0 Å². The van der Waals surface area contributed by atoms with E-state index in [9.17, 15) is 22.8 Å². The quantitative estimate of drug-likeness (QED) is 0.908. The lowest BCUT2D eigenvalue weighted by atomic mass is 10.2. The number of alkyl halides is 3. The molecule has 0 saturated heterocycles. The molecular weight excluding hydrogens is 301 g/mol.